The van der Waals surface area contributed by atoms with Crippen molar-refractivity contribution in [1.82, 2.24) is 9.62 Å². The Morgan fingerprint density at radius 1 is 1.35 bits per heavy atom. The predicted molar refractivity (Wildman–Crippen MR) is 64.9 cm³/mol. The van der Waals surface area contributed by atoms with Crippen LogP contribution in [0.5, 0.6) is 0 Å². The lowest BCUT2D eigenvalue weighted by Crippen LogP contribution is -2.31. The number of rotatable bonds is 5. The molecule has 0 bridgehead atoms. The van der Waals surface area contributed by atoms with Gasteiger partial charge in [0, 0.05) is 13.1 Å². The number of sulfonamides is 1. The zero-order chi connectivity index (χ0) is 13.1. The second-order valence-corrected chi connectivity index (χ2v) is 5.88. The van der Waals surface area contributed by atoms with Gasteiger partial charge in [-0.2, -0.15) is 0 Å². The first-order valence-corrected chi connectivity index (χ1v) is 6.72. The van der Waals surface area contributed by atoms with E-state index in [1.807, 2.05) is 19.0 Å². The van der Waals surface area contributed by atoms with Crippen LogP contribution in [0.1, 0.15) is 5.56 Å². The van der Waals surface area contributed by atoms with Crippen molar-refractivity contribution >= 4 is 10.0 Å². The number of benzene rings is 1. The molecule has 0 saturated carbocycles. The number of likely N-dealkylation sites (N-methyl/N-ethyl adjacent to an activating group) is 1. The Morgan fingerprint density at radius 2 is 2.00 bits per heavy atom. The summed E-state index contributed by atoms with van der Waals surface area (Å²) in [6.45, 7) is 2.47. The first-order valence-electron chi connectivity index (χ1n) is 5.23. The van der Waals surface area contributed by atoms with Crippen LogP contribution in [0, 0.1) is 12.7 Å². The number of halogens is 1. The van der Waals surface area contributed by atoms with Gasteiger partial charge in [0.1, 0.15) is 5.82 Å². The van der Waals surface area contributed by atoms with E-state index in [4.69, 9.17) is 0 Å². The van der Waals surface area contributed by atoms with Crippen molar-refractivity contribution in [3.63, 3.8) is 0 Å². The molecule has 17 heavy (non-hydrogen) atoms. The summed E-state index contributed by atoms with van der Waals surface area (Å²) in [5.41, 5.74) is 0.320. The Hall–Kier alpha value is -0.980. The molecule has 6 heteroatoms. The summed E-state index contributed by atoms with van der Waals surface area (Å²) in [5, 5.41) is 0. The van der Waals surface area contributed by atoms with Crippen LogP contribution < -0.4 is 4.72 Å². The van der Waals surface area contributed by atoms with Crippen LogP contribution in [0.25, 0.3) is 0 Å². The van der Waals surface area contributed by atoms with Crippen molar-refractivity contribution in [2.45, 2.75) is 11.8 Å². The molecule has 1 aromatic rings. The minimum absolute atomic E-state index is 0.0927. The van der Waals surface area contributed by atoms with E-state index in [9.17, 15) is 12.8 Å². The number of hydrogen-bond donors (Lipinski definition) is 1. The standard InChI is InChI=1S/C11H17FN2O2S/c1-9-8-10(4-5-11(9)12)17(15,16)13-6-7-14(2)3/h4-5,8,13H,6-7H2,1-3H3. The molecule has 0 amide bonds. The molecule has 96 valence electrons. The van der Waals surface area contributed by atoms with Crippen LogP contribution >= 0.6 is 0 Å². The van der Waals surface area contributed by atoms with E-state index in [2.05, 4.69) is 4.72 Å². The average Bonchev–Trinajstić information content (AvgIpc) is 2.21. The van der Waals surface area contributed by atoms with E-state index in [-0.39, 0.29) is 4.90 Å². The molecule has 0 aliphatic heterocycles. The summed E-state index contributed by atoms with van der Waals surface area (Å²) < 4.78 is 39.1. The lowest BCUT2D eigenvalue weighted by Gasteiger charge is -2.11. The van der Waals surface area contributed by atoms with Crippen molar-refractivity contribution < 1.29 is 12.8 Å². The molecular weight excluding hydrogens is 243 g/mol. The molecular formula is C11H17FN2O2S. The van der Waals surface area contributed by atoms with Crippen molar-refractivity contribution in [1.29, 1.82) is 0 Å². The van der Waals surface area contributed by atoms with Crippen LogP contribution in [0.3, 0.4) is 0 Å². The topological polar surface area (TPSA) is 49.4 Å². The molecule has 1 aromatic carbocycles. The second-order valence-electron chi connectivity index (χ2n) is 4.11. The largest absolute Gasteiger partial charge is 0.308 e. The molecule has 4 nitrogen and oxygen atoms in total. The Kier molecular flexibility index (Phi) is 4.62. The highest BCUT2D eigenvalue weighted by Crippen LogP contribution is 2.13. The molecule has 0 aliphatic rings. The normalized spacial score (nSPS) is 12.1. The maximum absolute atomic E-state index is 13.0. The summed E-state index contributed by atoms with van der Waals surface area (Å²) in [4.78, 5) is 1.97. The van der Waals surface area contributed by atoms with Crippen LogP contribution in [-0.4, -0.2) is 40.5 Å². The molecule has 0 aliphatic carbocycles. The van der Waals surface area contributed by atoms with Gasteiger partial charge in [-0.3, -0.25) is 0 Å². The Bertz CT molecular complexity index is 486. The Morgan fingerprint density at radius 3 is 2.53 bits per heavy atom. The fourth-order valence-corrected chi connectivity index (χ4v) is 2.38. The fourth-order valence-electron chi connectivity index (χ4n) is 1.27. The quantitative estimate of drug-likeness (QED) is 0.858. The van der Waals surface area contributed by atoms with Gasteiger partial charge in [0.05, 0.1) is 4.90 Å². The van der Waals surface area contributed by atoms with E-state index >= 15 is 0 Å². The highest BCUT2D eigenvalue weighted by molar-refractivity contribution is 7.89. The number of hydrogen-bond acceptors (Lipinski definition) is 3. The fraction of sp³-hybridized carbons (Fsp3) is 0.455. The van der Waals surface area contributed by atoms with Crippen LogP contribution in [0.15, 0.2) is 23.1 Å². The maximum atomic E-state index is 13.0. The van der Waals surface area contributed by atoms with Crippen molar-refractivity contribution in [3.8, 4) is 0 Å². The van der Waals surface area contributed by atoms with Gasteiger partial charge in [-0.25, -0.2) is 17.5 Å². The second kappa shape index (κ2) is 5.57. The summed E-state index contributed by atoms with van der Waals surface area (Å²) in [7, 11) is 0.176. The monoisotopic (exact) mass is 260 g/mol. The summed E-state index contributed by atoms with van der Waals surface area (Å²) in [5.74, 6) is -0.405. The molecule has 1 N–H and O–H groups in total. The van der Waals surface area contributed by atoms with Crippen LogP contribution in [-0.2, 0) is 10.0 Å². The maximum Gasteiger partial charge on any atom is 0.240 e. The van der Waals surface area contributed by atoms with Gasteiger partial charge >= 0.3 is 0 Å². The third-order valence-electron chi connectivity index (χ3n) is 2.29. The zero-order valence-corrected chi connectivity index (χ0v) is 11.0. The number of nitrogens with one attached hydrogen (secondary N) is 1. The third-order valence-corrected chi connectivity index (χ3v) is 3.75. The highest BCUT2D eigenvalue weighted by Gasteiger charge is 2.14. The van der Waals surface area contributed by atoms with Crippen molar-refractivity contribution in [2.75, 3.05) is 27.2 Å². The molecule has 0 radical (unpaired) electrons. The van der Waals surface area contributed by atoms with Crippen LogP contribution in [0.2, 0.25) is 0 Å². The molecule has 0 saturated heterocycles. The van der Waals surface area contributed by atoms with Gasteiger partial charge in [0.15, 0.2) is 0 Å². The molecule has 0 spiro atoms. The molecule has 0 atom stereocenters. The van der Waals surface area contributed by atoms with E-state index in [0.29, 0.717) is 18.7 Å². The summed E-state index contributed by atoms with van der Waals surface area (Å²) >= 11 is 0. The van der Waals surface area contributed by atoms with Gasteiger partial charge in [-0.05, 0) is 44.8 Å². The van der Waals surface area contributed by atoms with E-state index in [1.165, 1.54) is 19.1 Å². The molecule has 0 fully saturated rings. The van der Waals surface area contributed by atoms with Gasteiger partial charge in [0.25, 0.3) is 0 Å². The van der Waals surface area contributed by atoms with Crippen molar-refractivity contribution in [2.24, 2.45) is 0 Å². The van der Waals surface area contributed by atoms with Crippen molar-refractivity contribution in [3.05, 3.63) is 29.6 Å². The molecule has 0 unspecified atom stereocenters. The van der Waals surface area contributed by atoms with Gasteiger partial charge in [-0.15, -0.1) is 0 Å². The third kappa shape index (κ3) is 4.07. The smallest absolute Gasteiger partial charge is 0.240 e. The zero-order valence-electron chi connectivity index (χ0n) is 10.2. The minimum atomic E-state index is -3.54. The van der Waals surface area contributed by atoms with E-state index < -0.39 is 15.8 Å². The lowest BCUT2D eigenvalue weighted by atomic mass is 10.2. The molecule has 0 heterocycles. The van der Waals surface area contributed by atoms with Gasteiger partial charge in [-0.1, -0.05) is 0 Å². The lowest BCUT2D eigenvalue weighted by molar-refractivity contribution is 0.412. The van der Waals surface area contributed by atoms with Gasteiger partial charge in [0.2, 0.25) is 10.0 Å². The minimum Gasteiger partial charge on any atom is -0.308 e. The van der Waals surface area contributed by atoms with Gasteiger partial charge < -0.3 is 4.90 Å². The van der Waals surface area contributed by atoms with Crippen LogP contribution in [0.4, 0.5) is 4.39 Å². The Balaban J connectivity index is 2.79. The summed E-state index contributed by atoms with van der Waals surface area (Å²) in [6, 6.07) is 3.75. The first-order chi connectivity index (χ1) is 7.83. The van der Waals surface area contributed by atoms with E-state index in [1.54, 1.807) is 0 Å². The SMILES string of the molecule is Cc1cc(S(=O)(=O)NCCN(C)C)ccc1F. The number of aryl methyl sites for hydroxylation is 1. The average molecular weight is 260 g/mol. The molecule has 1 rings (SSSR count). The van der Waals surface area contributed by atoms with E-state index in [0.717, 1.165) is 6.07 Å². The first kappa shape index (κ1) is 14.1. The molecule has 0 aromatic heterocycles. The predicted octanol–water partition coefficient (Wildman–Crippen LogP) is 0.974. The summed E-state index contributed by atoms with van der Waals surface area (Å²) in [6.07, 6.45) is 0. The number of nitrogens with zero attached hydrogens (tertiary/aromatic N) is 1. The Labute approximate surface area is 101 Å². The highest BCUT2D eigenvalue weighted by atomic mass is 32.2.